The Morgan fingerprint density at radius 2 is 2.15 bits per heavy atom. The van der Waals surface area contributed by atoms with E-state index in [1.807, 2.05) is 11.3 Å². The van der Waals surface area contributed by atoms with Crippen molar-refractivity contribution >= 4 is 22.3 Å². The topological polar surface area (TPSA) is 52.1 Å². The molecule has 152 valence electrons. The van der Waals surface area contributed by atoms with Crippen molar-refractivity contribution in [1.29, 1.82) is 0 Å². The average molecular weight is 394 g/mol. The lowest BCUT2D eigenvalue weighted by atomic mass is 10.1. The number of hydrogen-bond donors (Lipinski definition) is 2. The second-order valence-corrected chi connectivity index (χ2v) is 8.33. The molecule has 27 heavy (non-hydrogen) atoms. The van der Waals surface area contributed by atoms with Crippen molar-refractivity contribution in [2.45, 2.75) is 44.7 Å². The molecule has 0 saturated carbocycles. The molecule has 0 aromatic carbocycles. The van der Waals surface area contributed by atoms with Crippen molar-refractivity contribution in [3.63, 3.8) is 0 Å². The van der Waals surface area contributed by atoms with E-state index in [4.69, 9.17) is 9.73 Å². The first-order chi connectivity index (χ1) is 13.3. The molecule has 0 aliphatic carbocycles. The van der Waals surface area contributed by atoms with Gasteiger partial charge in [-0.15, -0.1) is 11.3 Å². The van der Waals surface area contributed by atoms with Crippen molar-refractivity contribution in [3.8, 4) is 0 Å². The number of guanidine groups is 1. The largest absolute Gasteiger partial charge is 0.383 e. The maximum absolute atomic E-state index is 5.25. The third kappa shape index (κ3) is 6.09. The van der Waals surface area contributed by atoms with Crippen molar-refractivity contribution in [2.24, 2.45) is 4.99 Å². The highest BCUT2D eigenvalue weighted by molar-refractivity contribution is 7.14. The van der Waals surface area contributed by atoms with Gasteiger partial charge in [0, 0.05) is 45.4 Å². The summed E-state index contributed by atoms with van der Waals surface area (Å²) in [5.41, 5.74) is 0. The van der Waals surface area contributed by atoms with Gasteiger partial charge in [0.25, 0.3) is 0 Å². The molecule has 0 amide bonds. The molecule has 1 unspecified atom stereocenters. The van der Waals surface area contributed by atoms with Crippen LogP contribution in [0.1, 0.15) is 32.6 Å². The van der Waals surface area contributed by atoms with E-state index in [2.05, 4.69) is 44.9 Å². The minimum atomic E-state index is 0.507. The van der Waals surface area contributed by atoms with E-state index in [0.717, 1.165) is 58.1 Å². The molecular formula is C20H35N5OS. The summed E-state index contributed by atoms with van der Waals surface area (Å²) >= 11 is 1.84. The number of piperidine rings is 1. The number of likely N-dealkylation sites (tertiary alicyclic amines) is 1. The fourth-order valence-electron chi connectivity index (χ4n) is 4.01. The molecule has 0 bridgehead atoms. The quantitative estimate of drug-likeness (QED) is 0.525. The van der Waals surface area contributed by atoms with Gasteiger partial charge >= 0.3 is 0 Å². The highest BCUT2D eigenvalue weighted by Crippen LogP contribution is 2.24. The van der Waals surface area contributed by atoms with Crippen LogP contribution in [0.15, 0.2) is 22.5 Å². The minimum absolute atomic E-state index is 0.507. The van der Waals surface area contributed by atoms with Crippen LogP contribution >= 0.6 is 11.3 Å². The molecule has 3 heterocycles. The lowest BCUT2D eigenvalue weighted by Gasteiger charge is -2.33. The molecule has 2 N–H and O–H groups in total. The van der Waals surface area contributed by atoms with Gasteiger partial charge in [-0.1, -0.05) is 0 Å². The molecule has 2 aliphatic rings. The van der Waals surface area contributed by atoms with Crippen LogP contribution in [0.5, 0.6) is 0 Å². The lowest BCUT2D eigenvalue weighted by Crippen LogP contribution is -2.49. The Hall–Kier alpha value is -1.31. The van der Waals surface area contributed by atoms with E-state index in [-0.39, 0.29) is 0 Å². The minimum Gasteiger partial charge on any atom is -0.383 e. The first-order valence-corrected chi connectivity index (χ1v) is 11.2. The number of nitrogens with one attached hydrogen (secondary N) is 2. The van der Waals surface area contributed by atoms with Crippen LogP contribution < -0.4 is 15.5 Å². The second-order valence-electron chi connectivity index (χ2n) is 7.40. The van der Waals surface area contributed by atoms with E-state index in [1.54, 1.807) is 7.11 Å². The Bertz CT molecular complexity index is 557. The molecule has 2 fully saturated rings. The van der Waals surface area contributed by atoms with Gasteiger partial charge in [0.15, 0.2) is 5.96 Å². The third-order valence-corrected chi connectivity index (χ3v) is 6.47. The van der Waals surface area contributed by atoms with Gasteiger partial charge < -0.3 is 20.3 Å². The first-order valence-electron chi connectivity index (χ1n) is 10.4. The van der Waals surface area contributed by atoms with E-state index in [1.165, 1.54) is 24.4 Å². The predicted molar refractivity (Wildman–Crippen MR) is 115 cm³/mol. The van der Waals surface area contributed by atoms with Crippen LogP contribution in [0.3, 0.4) is 0 Å². The van der Waals surface area contributed by atoms with Gasteiger partial charge in [0.05, 0.1) is 18.2 Å². The lowest BCUT2D eigenvalue weighted by molar-refractivity contribution is 0.142. The molecule has 3 rings (SSSR count). The normalized spacial score (nSPS) is 22.4. The van der Waals surface area contributed by atoms with Gasteiger partial charge in [0.2, 0.25) is 0 Å². The fraction of sp³-hybridized carbons (Fsp3) is 0.750. The second kappa shape index (κ2) is 10.9. The molecule has 2 saturated heterocycles. The Labute approximate surface area is 168 Å². The molecule has 1 aromatic rings. The Morgan fingerprint density at radius 1 is 1.30 bits per heavy atom. The SMILES string of the molecule is CCNC(=NCC1CCCN1CCOC)NC1CCN(c2cccs2)CC1. The Kier molecular flexibility index (Phi) is 8.23. The Morgan fingerprint density at radius 3 is 2.85 bits per heavy atom. The van der Waals surface area contributed by atoms with Gasteiger partial charge in [-0.05, 0) is 56.7 Å². The van der Waals surface area contributed by atoms with Gasteiger partial charge in [-0.2, -0.15) is 0 Å². The molecule has 1 aromatic heterocycles. The fourth-order valence-corrected chi connectivity index (χ4v) is 4.79. The molecule has 0 spiro atoms. The Balaban J connectivity index is 1.48. The summed E-state index contributed by atoms with van der Waals surface area (Å²) in [5, 5.41) is 10.7. The summed E-state index contributed by atoms with van der Waals surface area (Å²) in [5.74, 6) is 0.977. The van der Waals surface area contributed by atoms with Crippen LogP contribution in [0, 0.1) is 0 Å². The zero-order valence-corrected chi connectivity index (χ0v) is 17.6. The predicted octanol–water partition coefficient (Wildman–Crippen LogP) is 2.38. The maximum atomic E-state index is 5.25. The number of anilines is 1. The van der Waals surface area contributed by atoms with Crippen molar-refractivity contribution in [2.75, 3.05) is 57.9 Å². The number of ether oxygens (including phenoxy) is 1. The molecule has 7 heteroatoms. The molecule has 0 radical (unpaired) electrons. The summed E-state index contributed by atoms with van der Waals surface area (Å²) < 4.78 is 5.25. The van der Waals surface area contributed by atoms with Gasteiger partial charge in [-0.3, -0.25) is 9.89 Å². The molecule has 6 nitrogen and oxygen atoms in total. The number of methoxy groups -OCH3 is 1. The van der Waals surface area contributed by atoms with Crippen molar-refractivity contribution in [1.82, 2.24) is 15.5 Å². The summed E-state index contributed by atoms with van der Waals surface area (Å²) in [6.45, 7) is 9.13. The van der Waals surface area contributed by atoms with Crippen LogP contribution in [0.25, 0.3) is 0 Å². The number of thiophene rings is 1. The highest BCUT2D eigenvalue weighted by Gasteiger charge is 2.24. The van der Waals surface area contributed by atoms with E-state index >= 15 is 0 Å². The number of rotatable bonds is 8. The van der Waals surface area contributed by atoms with E-state index in [9.17, 15) is 0 Å². The van der Waals surface area contributed by atoms with Crippen molar-refractivity contribution in [3.05, 3.63) is 17.5 Å². The number of aliphatic imine (C=N–C) groups is 1. The van der Waals surface area contributed by atoms with Crippen LogP contribution in [0.4, 0.5) is 5.00 Å². The number of hydrogen-bond acceptors (Lipinski definition) is 5. The van der Waals surface area contributed by atoms with Crippen molar-refractivity contribution < 1.29 is 4.74 Å². The van der Waals surface area contributed by atoms with Crippen LogP contribution in [-0.4, -0.2) is 75.9 Å². The molecule has 2 aliphatic heterocycles. The molecule has 1 atom stereocenters. The first kappa shape index (κ1) is 20.4. The smallest absolute Gasteiger partial charge is 0.191 e. The summed E-state index contributed by atoms with van der Waals surface area (Å²) in [6.07, 6.45) is 4.83. The van der Waals surface area contributed by atoms with Gasteiger partial charge in [0.1, 0.15) is 0 Å². The van der Waals surface area contributed by atoms with Crippen LogP contribution in [-0.2, 0) is 4.74 Å². The zero-order valence-electron chi connectivity index (χ0n) is 16.8. The number of nitrogens with zero attached hydrogens (tertiary/aromatic N) is 3. The maximum Gasteiger partial charge on any atom is 0.191 e. The summed E-state index contributed by atoms with van der Waals surface area (Å²) in [4.78, 5) is 9.94. The summed E-state index contributed by atoms with van der Waals surface area (Å²) in [7, 11) is 1.78. The zero-order chi connectivity index (χ0) is 18.9. The van der Waals surface area contributed by atoms with Gasteiger partial charge in [-0.25, -0.2) is 0 Å². The summed E-state index contributed by atoms with van der Waals surface area (Å²) in [6, 6.07) is 5.42. The monoisotopic (exact) mass is 393 g/mol. The van der Waals surface area contributed by atoms with Crippen LogP contribution in [0.2, 0.25) is 0 Å². The average Bonchev–Trinajstić information content (AvgIpc) is 3.37. The standard InChI is InChI=1S/C20H35N5OS/c1-3-21-20(22-16-18-6-4-10-24(18)13-14-26-2)23-17-8-11-25(12-9-17)19-7-5-15-27-19/h5,7,15,17-18H,3-4,6,8-14,16H2,1-2H3,(H2,21,22,23). The third-order valence-electron chi connectivity index (χ3n) is 5.54. The van der Waals surface area contributed by atoms with E-state index < -0.39 is 0 Å². The molecular weight excluding hydrogens is 358 g/mol. The highest BCUT2D eigenvalue weighted by atomic mass is 32.1. The van der Waals surface area contributed by atoms with E-state index in [0.29, 0.717) is 12.1 Å².